The summed E-state index contributed by atoms with van der Waals surface area (Å²) in [6.45, 7) is 7.28. The topological polar surface area (TPSA) is 58.4 Å². The third-order valence-electron chi connectivity index (χ3n) is 4.30. The van der Waals surface area contributed by atoms with E-state index in [0.29, 0.717) is 6.04 Å². The molecule has 0 amide bonds. The molecule has 21 heavy (non-hydrogen) atoms. The molecule has 0 aromatic heterocycles. The van der Waals surface area contributed by atoms with Crippen molar-refractivity contribution < 1.29 is 4.92 Å². The van der Waals surface area contributed by atoms with E-state index in [4.69, 9.17) is 0 Å². The summed E-state index contributed by atoms with van der Waals surface area (Å²) in [6.07, 6.45) is 3.40. The van der Waals surface area contributed by atoms with Crippen molar-refractivity contribution in [3.8, 4) is 0 Å². The Labute approximate surface area is 126 Å². The van der Waals surface area contributed by atoms with Gasteiger partial charge < -0.3 is 5.32 Å². The molecule has 0 spiro atoms. The Hall–Kier alpha value is -1.46. The maximum Gasteiger partial charge on any atom is 0.274 e. The van der Waals surface area contributed by atoms with E-state index < -0.39 is 0 Å². The number of benzene rings is 1. The lowest BCUT2D eigenvalue weighted by Crippen LogP contribution is -2.47. The van der Waals surface area contributed by atoms with E-state index in [2.05, 4.69) is 24.1 Å². The highest BCUT2D eigenvalue weighted by molar-refractivity contribution is 5.41. The van der Waals surface area contributed by atoms with Gasteiger partial charge in [0.1, 0.15) is 0 Å². The number of nitro benzene ring substituents is 1. The van der Waals surface area contributed by atoms with Crippen LogP contribution in [0.4, 0.5) is 5.69 Å². The maximum atomic E-state index is 11.3. The smallest absolute Gasteiger partial charge is 0.274 e. The highest BCUT2D eigenvalue weighted by atomic mass is 16.6. The Kier molecular flexibility index (Phi) is 5.70. The van der Waals surface area contributed by atoms with Crippen LogP contribution >= 0.6 is 0 Å². The minimum absolute atomic E-state index is 0.0662. The first-order valence-corrected chi connectivity index (χ1v) is 7.85. The zero-order valence-corrected chi connectivity index (χ0v) is 12.9. The fourth-order valence-corrected chi connectivity index (χ4v) is 3.25. The van der Waals surface area contributed by atoms with Gasteiger partial charge in [-0.05, 0) is 39.3 Å². The second-order valence-corrected chi connectivity index (χ2v) is 5.73. The molecule has 5 heteroatoms. The lowest BCUT2D eigenvalue weighted by Gasteiger charge is -2.38. The molecule has 2 rings (SSSR count). The summed E-state index contributed by atoms with van der Waals surface area (Å²) < 4.78 is 0. The molecule has 1 aliphatic heterocycles. The first-order valence-electron chi connectivity index (χ1n) is 7.85. The molecule has 1 heterocycles. The first kappa shape index (κ1) is 15.9. The van der Waals surface area contributed by atoms with Crippen molar-refractivity contribution >= 4 is 5.69 Å². The molecular weight excluding hydrogens is 266 g/mol. The van der Waals surface area contributed by atoms with Crippen LogP contribution in [0.25, 0.3) is 0 Å². The molecule has 1 aromatic rings. The van der Waals surface area contributed by atoms with Gasteiger partial charge in [-0.3, -0.25) is 15.0 Å². The van der Waals surface area contributed by atoms with Gasteiger partial charge in [0.2, 0.25) is 0 Å². The molecule has 1 aromatic carbocycles. The van der Waals surface area contributed by atoms with E-state index in [0.717, 1.165) is 38.0 Å². The van der Waals surface area contributed by atoms with E-state index >= 15 is 0 Å². The highest BCUT2D eigenvalue weighted by Gasteiger charge is 2.28. The summed E-state index contributed by atoms with van der Waals surface area (Å²) in [4.78, 5) is 13.4. The van der Waals surface area contributed by atoms with Crippen molar-refractivity contribution in [2.75, 3.05) is 19.6 Å². The number of piperidine rings is 1. The molecule has 0 bridgehead atoms. The van der Waals surface area contributed by atoms with Gasteiger partial charge >= 0.3 is 0 Å². The van der Waals surface area contributed by atoms with Crippen molar-refractivity contribution in [1.82, 2.24) is 10.2 Å². The normalized spacial score (nSPS) is 20.4. The number of nitrogens with zero attached hydrogens (tertiary/aromatic N) is 2. The third-order valence-corrected chi connectivity index (χ3v) is 4.30. The van der Waals surface area contributed by atoms with Gasteiger partial charge in [0.05, 0.1) is 4.92 Å². The Bertz CT molecular complexity index is 472. The standard InChI is InChI=1S/C16H25N3O2/c1-3-11-18(14-7-6-10-17-12-14)13(2)15-8-4-5-9-16(15)19(20)21/h4-5,8-9,13-14,17H,3,6-7,10-12H2,1-2H3. The molecule has 1 fully saturated rings. The predicted molar refractivity (Wildman–Crippen MR) is 84.4 cm³/mol. The second kappa shape index (κ2) is 7.52. The van der Waals surface area contributed by atoms with Gasteiger partial charge in [-0.1, -0.05) is 25.1 Å². The molecular formula is C16H25N3O2. The quantitative estimate of drug-likeness (QED) is 0.646. The molecule has 0 radical (unpaired) electrons. The fourth-order valence-electron chi connectivity index (χ4n) is 3.25. The summed E-state index contributed by atoms with van der Waals surface area (Å²) in [7, 11) is 0. The number of para-hydroxylation sites is 1. The Morgan fingerprint density at radius 1 is 1.48 bits per heavy atom. The Morgan fingerprint density at radius 2 is 2.24 bits per heavy atom. The van der Waals surface area contributed by atoms with E-state index in [1.54, 1.807) is 12.1 Å². The summed E-state index contributed by atoms with van der Waals surface area (Å²) in [5, 5.41) is 14.7. The average molecular weight is 291 g/mol. The zero-order chi connectivity index (χ0) is 15.2. The number of hydrogen-bond acceptors (Lipinski definition) is 4. The molecule has 1 saturated heterocycles. The van der Waals surface area contributed by atoms with Crippen LogP contribution in [0, 0.1) is 10.1 Å². The molecule has 0 saturated carbocycles. The van der Waals surface area contributed by atoms with E-state index in [1.165, 1.54) is 6.42 Å². The van der Waals surface area contributed by atoms with Gasteiger partial charge in [0, 0.05) is 30.3 Å². The van der Waals surface area contributed by atoms with Crippen molar-refractivity contribution in [3.05, 3.63) is 39.9 Å². The molecule has 2 atom stereocenters. The van der Waals surface area contributed by atoms with Crippen LogP contribution in [0.3, 0.4) is 0 Å². The minimum atomic E-state index is -0.269. The van der Waals surface area contributed by atoms with Crippen molar-refractivity contribution in [1.29, 1.82) is 0 Å². The zero-order valence-electron chi connectivity index (χ0n) is 12.9. The monoisotopic (exact) mass is 291 g/mol. The van der Waals surface area contributed by atoms with Crippen LogP contribution in [-0.2, 0) is 0 Å². The fraction of sp³-hybridized carbons (Fsp3) is 0.625. The minimum Gasteiger partial charge on any atom is -0.315 e. The van der Waals surface area contributed by atoms with E-state index in [1.807, 2.05) is 12.1 Å². The number of nitro groups is 1. The number of rotatable bonds is 6. The third kappa shape index (κ3) is 3.80. The average Bonchev–Trinajstić information content (AvgIpc) is 2.52. The van der Waals surface area contributed by atoms with Crippen molar-refractivity contribution in [2.24, 2.45) is 0 Å². The van der Waals surface area contributed by atoms with Crippen LogP contribution in [0.15, 0.2) is 24.3 Å². The van der Waals surface area contributed by atoms with Crippen LogP contribution in [-0.4, -0.2) is 35.5 Å². The van der Waals surface area contributed by atoms with Crippen molar-refractivity contribution in [3.63, 3.8) is 0 Å². The van der Waals surface area contributed by atoms with Crippen molar-refractivity contribution in [2.45, 2.75) is 45.2 Å². The predicted octanol–water partition coefficient (Wildman–Crippen LogP) is 3.12. The van der Waals surface area contributed by atoms with Gasteiger partial charge in [-0.25, -0.2) is 0 Å². The van der Waals surface area contributed by atoms with Gasteiger partial charge in [-0.2, -0.15) is 0 Å². The number of nitrogens with one attached hydrogen (secondary N) is 1. The Balaban J connectivity index is 2.25. The van der Waals surface area contributed by atoms with Crippen LogP contribution in [0.1, 0.15) is 44.7 Å². The molecule has 5 nitrogen and oxygen atoms in total. The Morgan fingerprint density at radius 3 is 2.86 bits per heavy atom. The summed E-state index contributed by atoms with van der Waals surface area (Å²) >= 11 is 0. The van der Waals surface area contributed by atoms with Gasteiger partial charge in [0.15, 0.2) is 0 Å². The SMILES string of the molecule is CCCN(C1CCCNC1)C(C)c1ccccc1[N+](=O)[O-]. The van der Waals surface area contributed by atoms with Crippen LogP contribution in [0.2, 0.25) is 0 Å². The molecule has 116 valence electrons. The molecule has 2 unspecified atom stereocenters. The molecule has 0 aliphatic carbocycles. The van der Waals surface area contributed by atoms with E-state index in [9.17, 15) is 10.1 Å². The lowest BCUT2D eigenvalue weighted by molar-refractivity contribution is -0.386. The summed E-state index contributed by atoms with van der Waals surface area (Å²) in [5.74, 6) is 0. The van der Waals surface area contributed by atoms with E-state index in [-0.39, 0.29) is 16.7 Å². The van der Waals surface area contributed by atoms with Gasteiger partial charge in [-0.15, -0.1) is 0 Å². The molecule has 1 N–H and O–H groups in total. The first-order chi connectivity index (χ1) is 10.1. The summed E-state index contributed by atoms with van der Waals surface area (Å²) in [5.41, 5.74) is 1.05. The molecule has 1 aliphatic rings. The summed E-state index contributed by atoms with van der Waals surface area (Å²) in [6, 6.07) is 7.66. The van der Waals surface area contributed by atoms with Gasteiger partial charge in [0.25, 0.3) is 5.69 Å². The largest absolute Gasteiger partial charge is 0.315 e. The highest BCUT2D eigenvalue weighted by Crippen LogP contribution is 2.31. The van der Waals surface area contributed by atoms with Crippen LogP contribution in [0.5, 0.6) is 0 Å². The maximum absolute atomic E-state index is 11.3. The second-order valence-electron chi connectivity index (χ2n) is 5.73. The lowest BCUT2D eigenvalue weighted by atomic mass is 9.99. The number of hydrogen-bond donors (Lipinski definition) is 1. The van der Waals surface area contributed by atoms with Crippen LogP contribution < -0.4 is 5.32 Å².